The summed E-state index contributed by atoms with van der Waals surface area (Å²) in [5, 5.41) is 9.63. The summed E-state index contributed by atoms with van der Waals surface area (Å²) >= 11 is 0. The van der Waals surface area contributed by atoms with E-state index in [4.69, 9.17) is 4.52 Å². The topological polar surface area (TPSA) is 80.0 Å². The van der Waals surface area contributed by atoms with Crippen molar-refractivity contribution in [1.82, 2.24) is 10.1 Å². The average Bonchev–Trinajstić information content (AvgIpc) is 2.77. The van der Waals surface area contributed by atoms with Crippen LogP contribution in [-0.4, -0.2) is 22.6 Å². The Kier molecular flexibility index (Phi) is 4.34. The van der Waals surface area contributed by atoms with E-state index >= 15 is 0 Å². The Hall–Kier alpha value is -2.37. The highest BCUT2D eigenvalue weighted by molar-refractivity contribution is 6.03. The molecule has 0 unspecified atom stereocenters. The van der Waals surface area contributed by atoms with Crippen molar-refractivity contribution in [2.75, 3.05) is 17.2 Å². The summed E-state index contributed by atoms with van der Waals surface area (Å²) in [5.74, 6) is 0.870. The Labute approximate surface area is 117 Å². The van der Waals surface area contributed by atoms with Crippen molar-refractivity contribution in [3.8, 4) is 0 Å². The van der Waals surface area contributed by atoms with E-state index in [2.05, 4.69) is 27.7 Å². The normalized spacial score (nSPS) is 10.3. The van der Waals surface area contributed by atoms with Crippen LogP contribution in [0.2, 0.25) is 0 Å². The van der Waals surface area contributed by atoms with Crippen LogP contribution in [0, 0.1) is 13.8 Å². The van der Waals surface area contributed by atoms with Gasteiger partial charge in [-0.15, -0.1) is 0 Å². The Morgan fingerprint density at radius 1 is 1.35 bits per heavy atom. The van der Waals surface area contributed by atoms with Gasteiger partial charge in [-0.1, -0.05) is 12.1 Å². The summed E-state index contributed by atoms with van der Waals surface area (Å²) in [6.45, 7) is 6.60. The molecule has 0 saturated carbocycles. The Bertz CT molecular complexity index is 590. The molecule has 0 aliphatic rings. The lowest BCUT2D eigenvalue weighted by Crippen LogP contribution is -2.13. The van der Waals surface area contributed by atoms with Crippen molar-refractivity contribution in [2.24, 2.45) is 0 Å². The molecule has 2 heterocycles. The van der Waals surface area contributed by atoms with Gasteiger partial charge in [0.1, 0.15) is 5.82 Å². The molecule has 0 aliphatic heterocycles. The first-order valence-electron chi connectivity index (χ1n) is 6.56. The number of amides is 1. The molecule has 0 bridgehead atoms. The molecule has 0 atom stereocenters. The highest BCUT2D eigenvalue weighted by Crippen LogP contribution is 2.18. The second-order valence-electron chi connectivity index (χ2n) is 4.54. The molecule has 2 aromatic heterocycles. The Morgan fingerprint density at radius 3 is 2.70 bits per heavy atom. The molecule has 106 valence electrons. The standard InChI is InChI=1S/C14H18N4O2/c1-4-7-15-12-6-5-11(8-16-12)13(19)17-14-9(2)10(3)18-20-14/h5-6,8H,4,7H2,1-3H3,(H,15,16)(H,17,19). The molecule has 0 saturated heterocycles. The van der Waals surface area contributed by atoms with E-state index < -0.39 is 0 Å². The number of aryl methyl sites for hydroxylation is 1. The van der Waals surface area contributed by atoms with Crippen LogP contribution in [0.4, 0.5) is 11.7 Å². The molecule has 0 radical (unpaired) electrons. The summed E-state index contributed by atoms with van der Waals surface area (Å²) in [5.41, 5.74) is 2.06. The van der Waals surface area contributed by atoms with Gasteiger partial charge in [0.05, 0.1) is 11.3 Å². The monoisotopic (exact) mass is 274 g/mol. The minimum absolute atomic E-state index is 0.265. The fourth-order valence-corrected chi connectivity index (χ4v) is 1.59. The molecule has 2 rings (SSSR count). The third-order valence-corrected chi connectivity index (χ3v) is 2.97. The van der Waals surface area contributed by atoms with Gasteiger partial charge in [-0.05, 0) is 32.4 Å². The van der Waals surface area contributed by atoms with Gasteiger partial charge in [-0.2, -0.15) is 0 Å². The zero-order valence-electron chi connectivity index (χ0n) is 11.9. The van der Waals surface area contributed by atoms with Gasteiger partial charge < -0.3 is 9.84 Å². The van der Waals surface area contributed by atoms with Gasteiger partial charge in [0, 0.05) is 18.3 Å². The second-order valence-corrected chi connectivity index (χ2v) is 4.54. The minimum Gasteiger partial charge on any atom is -0.370 e. The average molecular weight is 274 g/mol. The SMILES string of the molecule is CCCNc1ccc(C(=O)Nc2onc(C)c2C)cn1. The first kappa shape index (κ1) is 14.0. The van der Waals surface area contributed by atoms with E-state index in [0.29, 0.717) is 11.4 Å². The minimum atomic E-state index is -0.265. The molecule has 0 fully saturated rings. The van der Waals surface area contributed by atoms with Gasteiger partial charge in [-0.25, -0.2) is 4.98 Å². The summed E-state index contributed by atoms with van der Waals surface area (Å²) in [6, 6.07) is 3.50. The van der Waals surface area contributed by atoms with Crippen LogP contribution in [0.1, 0.15) is 35.0 Å². The molecule has 2 N–H and O–H groups in total. The van der Waals surface area contributed by atoms with Gasteiger partial charge in [0.25, 0.3) is 5.91 Å². The molecule has 20 heavy (non-hydrogen) atoms. The van der Waals surface area contributed by atoms with Gasteiger partial charge in [0.15, 0.2) is 0 Å². The molecular formula is C14H18N4O2. The summed E-state index contributed by atoms with van der Waals surface area (Å²) in [7, 11) is 0. The molecule has 0 aliphatic carbocycles. The molecule has 0 aromatic carbocycles. The lowest BCUT2D eigenvalue weighted by atomic mass is 10.2. The number of anilines is 2. The van der Waals surface area contributed by atoms with Crippen LogP contribution < -0.4 is 10.6 Å². The Balaban J connectivity index is 2.04. The zero-order valence-corrected chi connectivity index (χ0v) is 11.9. The first-order valence-corrected chi connectivity index (χ1v) is 6.56. The van der Waals surface area contributed by atoms with Crippen molar-refractivity contribution in [3.05, 3.63) is 35.2 Å². The van der Waals surface area contributed by atoms with Crippen LogP contribution in [-0.2, 0) is 0 Å². The van der Waals surface area contributed by atoms with E-state index in [0.717, 1.165) is 30.0 Å². The zero-order chi connectivity index (χ0) is 14.5. The van der Waals surface area contributed by atoms with Crippen molar-refractivity contribution in [1.29, 1.82) is 0 Å². The second kappa shape index (κ2) is 6.18. The highest BCUT2D eigenvalue weighted by Gasteiger charge is 2.13. The van der Waals surface area contributed by atoms with Crippen molar-refractivity contribution >= 4 is 17.6 Å². The third kappa shape index (κ3) is 3.14. The predicted octanol–water partition coefficient (Wildman–Crippen LogP) is 2.76. The number of pyridine rings is 1. The van der Waals surface area contributed by atoms with E-state index in [1.165, 1.54) is 6.20 Å². The molecule has 6 nitrogen and oxygen atoms in total. The fourth-order valence-electron chi connectivity index (χ4n) is 1.59. The van der Waals surface area contributed by atoms with Gasteiger partial charge >= 0.3 is 0 Å². The maximum absolute atomic E-state index is 12.0. The maximum Gasteiger partial charge on any atom is 0.259 e. The summed E-state index contributed by atoms with van der Waals surface area (Å²) in [4.78, 5) is 16.2. The summed E-state index contributed by atoms with van der Waals surface area (Å²) < 4.78 is 5.05. The van der Waals surface area contributed by atoms with Crippen LogP contribution in [0.15, 0.2) is 22.9 Å². The third-order valence-electron chi connectivity index (χ3n) is 2.97. The Morgan fingerprint density at radius 2 is 2.15 bits per heavy atom. The van der Waals surface area contributed by atoms with E-state index in [-0.39, 0.29) is 5.91 Å². The molecule has 2 aromatic rings. The smallest absolute Gasteiger partial charge is 0.259 e. The lowest BCUT2D eigenvalue weighted by Gasteiger charge is -2.05. The van der Waals surface area contributed by atoms with Crippen LogP contribution in [0.25, 0.3) is 0 Å². The number of nitrogens with zero attached hydrogens (tertiary/aromatic N) is 2. The number of carbonyl (C=O) groups is 1. The van der Waals surface area contributed by atoms with E-state index in [1.807, 2.05) is 13.8 Å². The quantitative estimate of drug-likeness (QED) is 0.876. The molecular weight excluding hydrogens is 256 g/mol. The summed E-state index contributed by atoms with van der Waals surface area (Å²) in [6.07, 6.45) is 2.56. The van der Waals surface area contributed by atoms with Gasteiger partial charge in [-0.3, -0.25) is 10.1 Å². The van der Waals surface area contributed by atoms with Crippen molar-refractivity contribution < 1.29 is 9.32 Å². The van der Waals surface area contributed by atoms with Gasteiger partial charge in [0.2, 0.25) is 5.88 Å². The first-order chi connectivity index (χ1) is 9.61. The largest absolute Gasteiger partial charge is 0.370 e. The number of nitrogens with one attached hydrogen (secondary N) is 2. The highest BCUT2D eigenvalue weighted by atomic mass is 16.5. The molecule has 1 amide bonds. The van der Waals surface area contributed by atoms with E-state index in [9.17, 15) is 4.79 Å². The van der Waals surface area contributed by atoms with Crippen molar-refractivity contribution in [3.63, 3.8) is 0 Å². The number of aromatic nitrogens is 2. The predicted molar refractivity (Wildman–Crippen MR) is 76.9 cm³/mol. The number of rotatable bonds is 5. The van der Waals surface area contributed by atoms with E-state index in [1.54, 1.807) is 12.1 Å². The number of carbonyl (C=O) groups excluding carboxylic acids is 1. The lowest BCUT2D eigenvalue weighted by molar-refractivity contribution is 0.102. The molecule has 0 spiro atoms. The number of hydrogen-bond donors (Lipinski definition) is 2. The molecule has 6 heteroatoms. The maximum atomic E-state index is 12.0. The van der Waals surface area contributed by atoms with Crippen molar-refractivity contribution in [2.45, 2.75) is 27.2 Å². The van der Waals surface area contributed by atoms with Crippen LogP contribution >= 0.6 is 0 Å². The number of hydrogen-bond acceptors (Lipinski definition) is 5. The fraction of sp³-hybridized carbons (Fsp3) is 0.357. The van der Waals surface area contributed by atoms with Crippen LogP contribution in [0.5, 0.6) is 0 Å². The van der Waals surface area contributed by atoms with Crippen LogP contribution in [0.3, 0.4) is 0 Å².